The average molecular weight is 307 g/mol. The smallest absolute Gasteiger partial charge is 0.131 e. The Morgan fingerprint density at radius 2 is 1.95 bits per heavy atom. The van der Waals surface area contributed by atoms with Crippen LogP contribution in [-0.4, -0.2) is 74.2 Å². The summed E-state index contributed by atoms with van der Waals surface area (Å²) in [5, 5.41) is 0. The van der Waals surface area contributed by atoms with Crippen molar-refractivity contribution in [3.05, 3.63) is 29.6 Å². The van der Waals surface area contributed by atoms with Crippen LogP contribution >= 0.6 is 0 Å². The van der Waals surface area contributed by atoms with E-state index in [0.29, 0.717) is 18.3 Å². The van der Waals surface area contributed by atoms with E-state index >= 15 is 0 Å². The maximum absolute atomic E-state index is 14.1. The molecule has 0 radical (unpaired) electrons. The zero-order valence-corrected chi connectivity index (χ0v) is 13.6. The van der Waals surface area contributed by atoms with Gasteiger partial charge in [0.15, 0.2) is 0 Å². The van der Waals surface area contributed by atoms with Crippen LogP contribution in [0.1, 0.15) is 12.0 Å². The normalized spacial score (nSPS) is 24.8. The van der Waals surface area contributed by atoms with Crippen LogP contribution in [0.15, 0.2) is 18.2 Å². The zero-order valence-electron chi connectivity index (χ0n) is 13.6. The standard InChI is InChI=1S/C17H26FN3O/c1-19-7-9-21(10-8-19)15-5-6-20(13-15)12-14-3-4-16(22-2)11-17(14)18/h3-4,11,15H,5-10,12-13H2,1-2H3/t15-/m0/s1. The lowest BCUT2D eigenvalue weighted by molar-refractivity contribution is 0.112. The number of likely N-dealkylation sites (N-methyl/N-ethyl adjacent to an activating group) is 1. The van der Waals surface area contributed by atoms with Crippen LogP contribution in [0.25, 0.3) is 0 Å². The summed E-state index contributed by atoms with van der Waals surface area (Å²) < 4.78 is 19.1. The Kier molecular flexibility index (Phi) is 4.96. The number of rotatable bonds is 4. The first kappa shape index (κ1) is 15.7. The van der Waals surface area contributed by atoms with Crippen molar-refractivity contribution in [1.29, 1.82) is 0 Å². The highest BCUT2D eigenvalue weighted by atomic mass is 19.1. The first-order chi connectivity index (χ1) is 10.7. The lowest BCUT2D eigenvalue weighted by Gasteiger charge is -2.36. The molecule has 2 saturated heterocycles. The lowest BCUT2D eigenvalue weighted by Crippen LogP contribution is -2.49. The number of halogens is 1. The zero-order chi connectivity index (χ0) is 15.5. The average Bonchev–Trinajstić information content (AvgIpc) is 2.98. The lowest BCUT2D eigenvalue weighted by atomic mass is 10.2. The second-order valence-electron chi connectivity index (χ2n) is 6.47. The fourth-order valence-corrected chi connectivity index (χ4v) is 3.47. The Morgan fingerprint density at radius 1 is 1.18 bits per heavy atom. The minimum Gasteiger partial charge on any atom is -0.497 e. The van der Waals surface area contributed by atoms with Gasteiger partial charge in [-0.05, 0) is 19.5 Å². The Balaban J connectivity index is 1.54. The summed E-state index contributed by atoms with van der Waals surface area (Å²) in [5.74, 6) is 0.417. The van der Waals surface area contributed by atoms with E-state index in [-0.39, 0.29) is 5.82 Å². The minimum atomic E-state index is -0.164. The Hall–Kier alpha value is -1.17. The summed E-state index contributed by atoms with van der Waals surface area (Å²) in [5.41, 5.74) is 0.764. The van der Waals surface area contributed by atoms with E-state index < -0.39 is 0 Å². The van der Waals surface area contributed by atoms with Crippen molar-refractivity contribution in [2.45, 2.75) is 19.0 Å². The van der Waals surface area contributed by atoms with Gasteiger partial charge in [-0.3, -0.25) is 9.80 Å². The maximum atomic E-state index is 14.1. The summed E-state index contributed by atoms with van der Waals surface area (Å²) in [4.78, 5) is 7.36. The van der Waals surface area contributed by atoms with E-state index in [4.69, 9.17) is 4.74 Å². The van der Waals surface area contributed by atoms with Crippen LogP contribution in [0.3, 0.4) is 0 Å². The molecule has 0 saturated carbocycles. The molecule has 4 nitrogen and oxygen atoms in total. The predicted molar refractivity (Wildman–Crippen MR) is 85.7 cm³/mol. The molecule has 0 spiro atoms. The third-order valence-corrected chi connectivity index (χ3v) is 4.96. The molecule has 2 heterocycles. The van der Waals surface area contributed by atoms with Crippen LogP contribution in [0, 0.1) is 5.82 Å². The van der Waals surface area contributed by atoms with Gasteiger partial charge in [-0.15, -0.1) is 0 Å². The molecule has 2 fully saturated rings. The van der Waals surface area contributed by atoms with Gasteiger partial charge in [0.2, 0.25) is 0 Å². The molecule has 122 valence electrons. The summed E-state index contributed by atoms with van der Waals surface area (Å²) in [6.07, 6.45) is 1.20. The highest BCUT2D eigenvalue weighted by Crippen LogP contribution is 2.22. The van der Waals surface area contributed by atoms with Crippen molar-refractivity contribution in [2.75, 3.05) is 53.4 Å². The first-order valence-corrected chi connectivity index (χ1v) is 8.13. The van der Waals surface area contributed by atoms with E-state index in [0.717, 1.165) is 44.8 Å². The molecule has 0 aliphatic carbocycles. The Labute approximate surface area is 132 Å². The molecule has 22 heavy (non-hydrogen) atoms. The SMILES string of the molecule is COc1ccc(CN2CC[C@H](N3CCN(C)CC3)C2)c(F)c1. The molecule has 2 aliphatic heterocycles. The van der Waals surface area contributed by atoms with Gasteiger partial charge in [0.05, 0.1) is 7.11 Å². The van der Waals surface area contributed by atoms with Crippen molar-refractivity contribution in [3.63, 3.8) is 0 Å². The van der Waals surface area contributed by atoms with Crippen molar-refractivity contribution >= 4 is 0 Å². The van der Waals surface area contributed by atoms with Crippen LogP contribution in [-0.2, 0) is 6.54 Å². The Bertz CT molecular complexity index is 503. The summed E-state index contributed by atoms with van der Waals surface area (Å²) >= 11 is 0. The maximum Gasteiger partial charge on any atom is 0.131 e. The molecule has 0 aromatic heterocycles. The van der Waals surface area contributed by atoms with E-state index in [1.165, 1.54) is 12.5 Å². The second kappa shape index (κ2) is 6.94. The van der Waals surface area contributed by atoms with Gasteiger partial charge in [-0.25, -0.2) is 4.39 Å². The molecular weight excluding hydrogens is 281 g/mol. The molecule has 0 amide bonds. The highest BCUT2D eigenvalue weighted by Gasteiger charge is 2.29. The molecule has 1 aromatic carbocycles. The summed E-state index contributed by atoms with van der Waals surface area (Å²) in [6.45, 7) is 7.43. The fourth-order valence-electron chi connectivity index (χ4n) is 3.47. The van der Waals surface area contributed by atoms with Gasteiger partial charge in [-0.2, -0.15) is 0 Å². The first-order valence-electron chi connectivity index (χ1n) is 8.13. The van der Waals surface area contributed by atoms with Gasteiger partial charge in [0, 0.05) is 63.5 Å². The van der Waals surface area contributed by atoms with E-state index in [1.54, 1.807) is 7.11 Å². The molecule has 5 heteroatoms. The number of likely N-dealkylation sites (tertiary alicyclic amines) is 1. The molecule has 3 rings (SSSR count). The molecule has 0 bridgehead atoms. The number of methoxy groups -OCH3 is 1. The largest absolute Gasteiger partial charge is 0.497 e. The van der Waals surface area contributed by atoms with Crippen molar-refractivity contribution in [2.24, 2.45) is 0 Å². The monoisotopic (exact) mass is 307 g/mol. The quantitative estimate of drug-likeness (QED) is 0.842. The number of benzene rings is 1. The molecule has 2 aliphatic rings. The van der Waals surface area contributed by atoms with Crippen molar-refractivity contribution < 1.29 is 9.13 Å². The molecule has 0 unspecified atom stereocenters. The van der Waals surface area contributed by atoms with E-state index in [9.17, 15) is 4.39 Å². The van der Waals surface area contributed by atoms with Crippen molar-refractivity contribution in [1.82, 2.24) is 14.7 Å². The molecule has 1 atom stereocenters. The molecule has 0 N–H and O–H groups in total. The third-order valence-electron chi connectivity index (χ3n) is 4.96. The summed E-state index contributed by atoms with van der Waals surface area (Å²) in [7, 11) is 3.75. The van der Waals surface area contributed by atoms with Gasteiger partial charge >= 0.3 is 0 Å². The van der Waals surface area contributed by atoms with Gasteiger partial charge in [-0.1, -0.05) is 6.07 Å². The highest BCUT2D eigenvalue weighted by molar-refractivity contribution is 5.28. The van der Waals surface area contributed by atoms with E-state index in [1.807, 2.05) is 12.1 Å². The third kappa shape index (κ3) is 3.59. The van der Waals surface area contributed by atoms with Crippen molar-refractivity contribution in [3.8, 4) is 5.75 Å². The molecule has 1 aromatic rings. The van der Waals surface area contributed by atoms with E-state index in [2.05, 4.69) is 21.7 Å². The number of hydrogen-bond donors (Lipinski definition) is 0. The van der Waals surface area contributed by atoms with Crippen LogP contribution in [0.4, 0.5) is 4.39 Å². The number of piperazine rings is 1. The minimum absolute atomic E-state index is 0.164. The van der Waals surface area contributed by atoms with Crippen LogP contribution in [0.5, 0.6) is 5.75 Å². The number of ether oxygens (including phenoxy) is 1. The fraction of sp³-hybridized carbons (Fsp3) is 0.647. The summed E-state index contributed by atoms with van der Waals surface area (Å²) in [6, 6.07) is 5.79. The van der Waals surface area contributed by atoms with Gasteiger partial charge in [0.25, 0.3) is 0 Å². The van der Waals surface area contributed by atoms with Crippen LogP contribution in [0.2, 0.25) is 0 Å². The molecular formula is C17H26FN3O. The number of nitrogens with zero attached hydrogens (tertiary/aromatic N) is 3. The second-order valence-corrected chi connectivity index (χ2v) is 6.47. The van der Waals surface area contributed by atoms with Crippen LogP contribution < -0.4 is 4.74 Å². The van der Waals surface area contributed by atoms with Gasteiger partial charge < -0.3 is 9.64 Å². The topological polar surface area (TPSA) is 19.0 Å². The van der Waals surface area contributed by atoms with Gasteiger partial charge in [0.1, 0.15) is 11.6 Å². The number of hydrogen-bond acceptors (Lipinski definition) is 4. The predicted octanol–water partition coefficient (Wildman–Crippen LogP) is 1.66. The Morgan fingerprint density at radius 3 is 2.64 bits per heavy atom.